The summed E-state index contributed by atoms with van der Waals surface area (Å²) in [4.78, 5) is 10.3. The van der Waals surface area contributed by atoms with Gasteiger partial charge in [0.15, 0.2) is 0 Å². The topological polar surface area (TPSA) is 67.2 Å². The molecule has 1 aromatic rings. The van der Waals surface area contributed by atoms with Gasteiger partial charge in [0, 0.05) is 19.6 Å². The fraction of sp³-hybridized carbons (Fsp3) is 0.300. The zero-order valence-corrected chi connectivity index (χ0v) is 9.35. The predicted molar refractivity (Wildman–Crippen MR) is 60.7 cm³/mol. The first-order valence-corrected chi connectivity index (χ1v) is 5.15. The van der Waals surface area contributed by atoms with Gasteiger partial charge < -0.3 is 16.4 Å². The molecule has 4 N–H and O–H groups in total. The van der Waals surface area contributed by atoms with Crippen molar-refractivity contribution in [2.24, 2.45) is 5.73 Å². The third-order valence-corrected chi connectivity index (χ3v) is 2.22. The van der Waals surface area contributed by atoms with Crippen molar-refractivity contribution in [3.63, 3.8) is 0 Å². The molecule has 4 nitrogen and oxygen atoms in total. The zero-order valence-electron chi connectivity index (χ0n) is 8.59. The van der Waals surface area contributed by atoms with Crippen LogP contribution < -0.4 is 16.4 Å². The molecule has 0 bridgehead atoms. The van der Waals surface area contributed by atoms with Gasteiger partial charge in [-0.3, -0.25) is 0 Å². The fourth-order valence-electron chi connectivity index (χ4n) is 1.16. The van der Waals surface area contributed by atoms with Crippen LogP contribution in [0.4, 0.5) is 9.18 Å². The number of nitrogens with one attached hydrogen (secondary N) is 2. The van der Waals surface area contributed by atoms with E-state index in [1.54, 1.807) is 6.07 Å². The molecule has 0 heterocycles. The molecule has 0 radical (unpaired) electrons. The quantitative estimate of drug-likeness (QED) is 0.684. The van der Waals surface area contributed by atoms with Crippen LogP contribution in [0.25, 0.3) is 0 Å². The Hall–Kier alpha value is -1.33. The van der Waals surface area contributed by atoms with E-state index in [1.807, 2.05) is 0 Å². The van der Waals surface area contributed by atoms with Crippen molar-refractivity contribution in [2.75, 3.05) is 13.1 Å². The molecule has 0 spiro atoms. The minimum Gasteiger partial charge on any atom is -0.352 e. The van der Waals surface area contributed by atoms with Gasteiger partial charge in [-0.15, -0.1) is 0 Å². The number of urea groups is 1. The lowest BCUT2D eigenvalue weighted by atomic mass is 10.2. The summed E-state index contributed by atoms with van der Waals surface area (Å²) >= 11 is 5.54. The summed E-state index contributed by atoms with van der Waals surface area (Å²) in [6.45, 7) is 1.51. The van der Waals surface area contributed by atoms with Crippen LogP contribution in [0.3, 0.4) is 0 Å². The van der Waals surface area contributed by atoms with Crippen molar-refractivity contribution in [3.8, 4) is 0 Å². The second kappa shape index (κ2) is 6.30. The van der Waals surface area contributed by atoms with Gasteiger partial charge >= 0.3 is 6.03 Å². The molecular formula is C10H13ClFN3O. The van der Waals surface area contributed by atoms with Crippen LogP contribution in [-0.2, 0) is 6.54 Å². The molecule has 0 saturated heterocycles. The van der Waals surface area contributed by atoms with Crippen LogP contribution in [0.5, 0.6) is 0 Å². The van der Waals surface area contributed by atoms with E-state index in [-0.39, 0.29) is 5.02 Å². The molecule has 0 atom stereocenters. The minimum absolute atomic E-state index is 0.110. The zero-order chi connectivity index (χ0) is 12.0. The molecule has 1 aromatic carbocycles. The summed E-state index contributed by atoms with van der Waals surface area (Å²) in [5.74, 6) is -0.434. The molecule has 0 fully saturated rings. The minimum atomic E-state index is -0.556. The Labute approximate surface area is 98.0 Å². The normalized spacial score (nSPS) is 10.1. The van der Waals surface area contributed by atoms with Crippen molar-refractivity contribution in [3.05, 3.63) is 34.6 Å². The number of hydrogen-bond acceptors (Lipinski definition) is 2. The Morgan fingerprint density at radius 3 is 2.81 bits per heavy atom. The molecular weight excluding hydrogens is 233 g/mol. The highest BCUT2D eigenvalue weighted by Gasteiger charge is 2.00. The third-order valence-electron chi connectivity index (χ3n) is 1.91. The lowest BCUT2D eigenvalue weighted by Gasteiger charge is -2.05. The first-order chi connectivity index (χ1) is 7.59. The van der Waals surface area contributed by atoms with E-state index in [9.17, 15) is 9.18 Å². The summed E-state index contributed by atoms with van der Waals surface area (Å²) in [6.07, 6.45) is 0. The number of benzene rings is 1. The first-order valence-electron chi connectivity index (χ1n) is 4.77. The van der Waals surface area contributed by atoms with E-state index in [0.29, 0.717) is 19.6 Å². The van der Waals surface area contributed by atoms with Crippen LogP contribution in [-0.4, -0.2) is 19.1 Å². The average molecular weight is 246 g/mol. The van der Waals surface area contributed by atoms with E-state index in [2.05, 4.69) is 10.6 Å². The van der Waals surface area contributed by atoms with Crippen molar-refractivity contribution in [1.29, 1.82) is 0 Å². The summed E-state index contributed by atoms with van der Waals surface area (Å²) in [5.41, 5.74) is 5.67. The highest BCUT2D eigenvalue weighted by atomic mass is 35.5. The number of carbonyl (C=O) groups is 1. The molecule has 0 aliphatic rings. The molecule has 0 aliphatic carbocycles. The maximum absolute atomic E-state index is 13.0. The molecule has 0 aliphatic heterocycles. The number of primary amides is 1. The lowest BCUT2D eigenvalue weighted by Crippen LogP contribution is -2.35. The highest BCUT2D eigenvalue weighted by molar-refractivity contribution is 6.30. The van der Waals surface area contributed by atoms with E-state index < -0.39 is 11.8 Å². The Morgan fingerprint density at radius 1 is 1.44 bits per heavy atom. The number of hydrogen-bond donors (Lipinski definition) is 3. The van der Waals surface area contributed by atoms with E-state index in [1.165, 1.54) is 12.1 Å². The monoisotopic (exact) mass is 245 g/mol. The van der Waals surface area contributed by atoms with Gasteiger partial charge in [0.05, 0.1) is 5.02 Å². The Kier molecular flexibility index (Phi) is 5.01. The molecule has 0 aromatic heterocycles. The molecule has 88 valence electrons. The Balaban J connectivity index is 2.27. The Bertz CT molecular complexity index is 373. The molecule has 0 saturated carbocycles. The summed E-state index contributed by atoms with van der Waals surface area (Å²) in [5, 5.41) is 5.57. The van der Waals surface area contributed by atoms with Crippen LogP contribution in [0.1, 0.15) is 5.56 Å². The second-order valence-corrected chi connectivity index (χ2v) is 3.62. The predicted octanol–water partition coefficient (Wildman–Crippen LogP) is 1.24. The maximum Gasteiger partial charge on any atom is 0.312 e. The van der Waals surface area contributed by atoms with Gasteiger partial charge in [-0.25, -0.2) is 9.18 Å². The van der Waals surface area contributed by atoms with Crippen molar-refractivity contribution in [2.45, 2.75) is 6.54 Å². The van der Waals surface area contributed by atoms with Crippen molar-refractivity contribution in [1.82, 2.24) is 10.6 Å². The summed E-state index contributed by atoms with van der Waals surface area (Å²) in [6, 6.07) is 4.06. The van der Waals surface area contributed by atoms with E-state index in [0.717, 1.165) is 5.56 Å². The molecule has 0 unspecified atom stereocenters. The molecule has 6 heteroatoms. The first kappa shape index (κ1) is 12.7. The average Bonchev–Trinajstić information content (AvgIpc) is 2.22. The van der Waals surface area contributed by atoms with Crippen LogP contribution in [0, 0.1) is 5.82 Å². The number of rotatable bonds is 5. The van der Waals surface area contributed by atoms with Gasteiger partial charge in [-0.1, -0.05) is 17.7 Å². The number of amides is 2. The van der Waals surface area contributed by atoms with Crippen LogP contribution in [0.15, 0.2) is 18.2 Å². The molecule has 1 rings (SSSR count). The second-order valence-electron chi connectivity index (χ2n) is 3.22. The standard InChI is InChI=1S/C10H13ClFN3O/c11-8-2-1-7(5-9(8)12)6-14-3-4-15-10(13)16/h1-2,5,14H,3-4,6H2,(H3,13,15,16). The maximum atomic E-state index is 13.0. The van der Waals surface area contributed by atoms with Crippen LogP contribution >= 0.6 is 11.6 Å². The van der Waals surface area contributed by atoms with Crippen molar-refractivity contribution < 1.29 is 9.18 Å². The Morgan fingerprint density at radius 2 is 2.19 bits per heavy atom. The summed E-state index contributed by atoms with van der Waals surface area (Å²) in [7, 11) is 0. The van der Waals surface area contributed by atoms with E-state index in [4.69, 9.17) is 17.3 Å². The largest absolute Gasteiger partial charge is 0.352 e. The number of halogens is 2. The molecule has 2 amide bonds. The van der Waals surface area contributed by atoms with Crippen molar-refractivity contribution >= 4 is 17.6 Å². The highest BCUT2D eigenvalue weighted by Crippen LogP contribution is 2.15. The number of carbonyl (C=O) groups excluding carboxylic acids is 1. The van der Waals surface area contributed by atoms with Gasteiger partial charge in [0.1, 0.15) is 5.82 Å². The molecule has 16 heavy (non-hydrogen) atoms. The third kappa shape index (κ3) is 4.46. The smallest absolute Gasteiger partial charge is 0.312 e. The SMILES string of the molecule is NC(=O)NCCNCc1ccc(Cl)c(F)c1. The summed E-state index contributed by atoms with van der Waals surface area (Å²) < 4.78 is 13.0. The van der Waals surface area contributed by atoms with Crippen LogP contribution in [0.2, 0.25) is 5.02 Å². The lowest BCUT2D eigenvalue weighted by molar-refractivity contribution is 0.249. The van der Waals surface area contributed by atoms with Gasteiger partial charge in [0.2, 0.25) is 0 Å². The van der Waals surface area contributed by atoms with Gasteiger partial charge in [0.25, 0.3) is 0 Å². The van der Waals surface area contributed by atoms with Gasteiger partial charge in [-0.2, -0.15) is 0 Å². The fourth-order valence-corrected chi connectivity index (χ4v) is 1.27. The number of nitrogens with two attached hydrogens (primary N) is 1. The van der Waals surface area contributed by atoms with Gasteiger partial charge in [-0.05, 0) is 17.7 Å². The van der Waals surface area contributed by atoms with E-state index >= 15 is 0 Å².